The molecule has 7 nitrogen and oxygen atoms in total. The van der Waals surface area contributed by atoms with E-state index in [1.165, 1.54) is 4.90 Å². The van der Waals surface area contributed by atoms with Gasteiger partial charge in [0.1, 0.15) is 22.6 Å². The Balaban J connectivity index is 1.67. The van der Waals surface area contributed by atoms with Crippen LogP contribution in [0.15, 0.2) is 23.1 Å². The number of hydrogen-bond donors (Lipinski definition) is 1. The molecule has 0 aliphatic carbocycles. The summed E-state index contributed by atoms with van der Waals surface area (Å²) >= 11 is 0. The van der Waals surface area contributed by atoms with Gasteiger partial charge in [-0.25, -0.2) is 17.2 Å². The van der Waals surface area contributed by atoms with Crippen molar-refractivity contribution in [2.24, 2.45) is 0 Å². The van der Waals surface area contributed by atoms with Crippen LogP contribution in [-0.4, -0.2) is 61.7 Å². The van der Waals surface area contributed by atoms with Gasteiger partial charge in [0, 0.05) is 38.7 Å². The predicted octanol–water partition coefficient (Wildman–Crippen LogP) is 0.0763. The van der Waals surface area contributed by atoms with Crippen molar-refractivity contribution in [2.75, 3.05) is 26.2 Å². The Hall–Kier alpha value is -2.07. The predicted molar refractivity (Wildman–Crippen MR) is 82.9 cm³/mol. The van der Waals surface area contributed by atoms with Gasteiger partial charge in [-0.2, -0.15) is 4.31 Å². The molecule has 1 N–H and O–H groups in total. The average Bonchev–Trinajstić information content (AvgIpc) is 3.00. The molecule has 0 radical (unpaired) electrons. The van der Waals surface area contributed by atoms with Crippen LogP contribution in [0.1, 0.15) is 12.8 Å². The number of nitrogens with one attached hydrogen (secondary N) is 1. The van der Waals surface area contributed by atoms with Crippen molar-refractivity contribution in [3.05, 3.63) is 29.8 Å². The summed E-state index contributed by atoms with van der Waals surface area (Å²) in [6.45, 7) is 0.303. The molecule has 3 rings (SSSR count). The summed E-state index contributed by atoms with van der Waals surface area (Å²) in [5.74, 6) is -2.42. The molecular weight excluding hydrogens is 356 g/mol. The highest BCUT2D eigenvalue weighted by atomic mass is 32.2. The van der Waals surface area contributed by atoms with E-state index >= 15 is 0 Å². The summed E-state index contributed by atoms with van der Waals surface area (Å²) in [7, 11) is -4.10. The summed E-state index contributed by atoms with van der Waals surface area (Å²) in [6.07, 6.45) is 0.728. The number of carbonyl (C=O) groups is 2. The first-order valence-corrected chi connectivity index (χ1v) is 9.26. The molecule has 2 saturated heterocycles. The standard InChI is InChI=1S/C15H17F2N3O4S/c16-10-1-3-13(11(17)9-10)25(23,24)20-7-5-19(6-8-20)15(22)12-2-4-14(21)18-12/h1,3,9,12H,2,4-8H2,(H,18,21)/t12-/m0/s1. The van der Waals surface area contributed by atoms with Crippen molar-refractivity contribution in [2.45, 2.75) is 23.8 Å². The van der Waals surface area contributed by atoms with Crippen molar-refractivity contribution in [1.82, 2.24) is 14.5 Å². The number of rotatable bonds is 3. The molecule has 2 aliphatic rings. The fourth-order valence-electron chi connectivity index (χ4n) is 2.99. The van der Waals surface area contributed by atoms with E-state index < -0.39 is 32.6 Å². The Labute approximate surface area is 143 Å². The van der Waals surface area contributed by atoms with Crippen LogP contribution in [0.3, 0.4) is 0 Å². The van der Waals surface area contributed by atoms with E-state index in [0.29, 0.717) is 18.9 Å². The summed E-state index contributed by atoms with van der Waals surface area (Å²) in [4.78, 5) is 24.4. The van der Waals surface area contributed by atoms with Crippen LogP contribution < -0.4 is 5.32 Å². The van der Waals surface area contributed by atoms with Gasteiger partial charge in [0.15, 0.2) is 0 Å². The highest BCUT2D eigenvalue weighted by molar-refractivity contribution is 7.89. The third-order valence-corrected chi connectivity index (χ3v) is 6.29. The maximum atomic E-state index is 13.8. The first kappa shape index (κ1) is 17.7. The molecule has 2 aliphatic heterocycles. The van der Waals surface area contributed by atoms with E-state index in [-0.39, 0.29) is 38.0 Å². The lowest BCUT2D eigenvalue weighted by molar-refractivity contribution is -0.135. The molecule has 0 aromatic heterocycles. The van der Waals surface area contributed by atoms with Crippen LogP contribution in [0.2, 0.25) is 0 Å². The minimum atomic E-state index is -4.10. The summed E-state index contributed by atoms with van der Waals surface area (Å²) < 4.78 is 52.8. The number of hydrogen-bond acceptors (Lipinski definition) is 4. The first-order chi connectivity index (χ1) is 11.8. The molecule has 2 amide bonds. The smallest absolute Gasteiger partial charge is 0.246 e. The van der Waals surface area contributed by atoms with E-state index in [1.807, 2.05) is 0 Å². The van der Waals surface area contributed by atoms with E-state index in [2.05, 4.69) is 5.32 Å². The van der Waals surface area contributed by atoms with Gasteiger partial charge in [0.05, 0.1) is 0 Å². The molecule has 1 atom stereocenters. The number of benzene rings is 1. The number of nitrogens with zero attached hydrogens (tertiary/aromatic N) is 2. The van der Waals surface area contributed by atoms with Crippen molar-refractivity contribution >= 4 is 21.8 Å². The number of piperazine rings is 1. The van der Waals surface area contributed by atoms with Crippen LogP contribution >= 0.6 is 0 Å². The summed E-state index contributed by atoms with van der Waals surface area (Å²) in [5.41, 5.74) is 0. The Morgan fingerprint density at radius 3 is 2.40 bits per heavy atom. The highest BCUT2D eigenvalue weighted by Gasteiger charge is 2.35. The molecule has 2 heterocycles. The summed E-state index contributed by atoms with van der Waals surface area (Å²) in [5, 5.41) is 2.58. The first-order valence-electron chi connectivity index (χ1n) is 7.82. The quantitative estimate of drug-likeness (QED) is 0.813. The zero-order chi connectivity index (χ0) is 18.2. The van der Waals surface area contributed by atoms with Gasteiger partial charge in [0.2, 0.25) is 21.8 Å². The number of sulfonamides is 1. The molecule has 1 aromatic carbocycles. The summed E-state index contributed by atoms with van der Waals surface area (Å²) in [6, 6.07) is 1.74. The Bertz CT molecular complexity index is 807. The Kier molecular flexibility index (Phi) is 4.74. The zero-order valence-electron chi connectivity index (χ0n) is 13.2. The lowest BCUT2D eigenvalue weighted by Gasteiger charge is -2.35. The molecule has 0 saturated carbocycles. The van der Waals surface area contributed by atoms with Crippen LogP contribution in [0.5, 0.6) is 0 Å². The second-order valence-electron chi connectivity index (χ2n) is 5.96. The van der Waals surface area contributed by atoms with E-state index in [0.717, 1.165) is 16.4 Å². The normalized spacial score (nSPS) is 22.1. The van der Waals surface area contributed by atoms with Gasteiger partial charge < -0.3 is 10.2 Å². The Morgan fingerprint density at radius 1 is 1.16 bits per heavy atom. The van der Waals surface area contributed by atoms with Crippen molar-refractivity contribution in [1.29, 1.82) is 0 Å². The second kappa shape index (κ2) is 6.68. The molecule has 136 valence electrons. The largest absolute Gasteiger partial charge is 0.344 e. The van der Waals surface area contributed by atoms with Gasteiger partial charge in [0.25, 0.3) is 0 Å². The lowest BCUT2D eigenvalue weighted by Crippen LogP contribution is -2.54. The fraction of sp³-hybridized carbons (Fsp3) is 0.467. The molecule has 10 heteroatoms. The fourth-order valence-corrected chi connectivity index (χ4v) is 4.46. The van der Waals surface area contributed by atoms with Gasteiger partial charge in [-0.15, -0.1) is 0 Å². The Morgan fingerprint density at radius 2 is 1.84 bits per heavy atom. The van der Waals surface area contributed by atoms with Crippen molar-refractivity contribution < 1.29 is 26.8 Å². The molecule has 1 aromatic rings. The highest BCUT2D eigenvalue weighted by Crippen LogP contribution is 2.22. The number of carbonyl (C=O) groups excluding carboxylic acids is 2. The third-order valence-electron chi connectivity index (χ3n) is 4.36. The van der Waals surface area contributed by atoms with Crippen LogP contribution in [0.25, 0.3) is 0 Å². The van der Waals surface area contributed by atoms with Gasteiger partial charge in [-0.05, 0) is 18.6 Å². The van der Waals surface area contributed by atoms with E-state index in [1.54, 1.807) is 0 Å². The van der Waals surface area contributed by atoms with Crippen LogP contribution in [0, 0.1) is 11.6 Å². The molecule has 25 heavy (non-hydrogen) atoms. The zero-order valence-corrected chi connectivity index (χ0v) is 14.1. The maximum Gasteiger partial charge on any atom is 0.246 e. The topological polar surface area (TPSA) is 86.8 Å². The maximum absolute atomic E-state index is 13.8. The van der Waals surface area contributed by atoms with Gasteiger partial charge in [-0.3, -0.25) is 9.59 Å². The second-order valence-corrected chi connectivity index (χ2v) is 7.87. The molecule has 0 spiro atoms. The SMILES string of the molecule is O=C1CC[C@@H](C(=O)N2CCN(S(=O)(=O)c3ccc(F)cc3F)CC2)N1. The van der Waals surface area contributed by atoms with Crippen molar-refractivity contribution in [3.8, 4) is 0 Å². The molecule has 2 fully saturated rings. The number of halogens is 2. The minimum absolute atomic E-state index is 0.00551. The van der Waals surface area contributed by atoms with E-state index in [4.69, 9.17) is 0 Å². The van der Waals surface area contributed by atoms with E-state index in [9.17, 15) is 26.8 Å². The monoisotopic (exact) mass is 373 g/mol. The lowest BCUT2D eigenvalue weighted by atomic mass is 10.2. The molecular formula is C15H17F2N3O4S. The van der Waals surface area contributed by atoms with Gasteiger partial charge in [-0.1, -0.05) is 0 Å². The average molecular weight is 373 g/mol. The number of amides is 2. The minimum Gasteiger partial charge on any atom is -0.344 e. The molecule has 0 unspecified atom stereocenters. The van der Waals surface area contributed by atoms with Crippen LogP contribution in [0.4, 0.5) is 8.78 Å². The van der Waals surface area contributed by atoms with Crippen LogP contribution in [-0.2, 0) is 19.6 Å². The van der Waals surface area contributed by atoms with Gasteiger partial charge >= 0.3 is 0 Å². The molecule has 0 bridgehead atoms. The third kappa shape index (κ3) is 3.49. The van der Waals surface area contributed by atoms with Crippen molar-refractivity contribution in [3.63, 3.8) is 0 Å².